The Morgan fingerprint density at radius 3 is 2.78 bits per heavy atom. The largest absolute Gasteiger partial charge is 0.493 e. The summed E-state index contributed by atoms with van der Waals surface area (Å²) in [6, 6.07) is 7.85. The number of nitrogens with two attached hydrogens (primary N) is 1. The first kappa shape index (κ1) is 17.8. The molecule has 1 amide bonds. The van der Waals surface area contributed by atoms with Crippen LogP contribution in [0.2, 0.25) is 0 Å². The zero-order chi connectivity index (χ0) is 16.7. The van der Waals surface area contributed by atoms with Crippen LogP contribution in [0.4, 0.5) is 0 Å². The Labute approximate surface area is 138 Å². The molecule has 0 spiro atoms. The Hall–Kier alpha value is -1.59. The number of hydrogen-bond donors (Lipinski definition) is 2. The molecule has 0 radical (unpaired) electrons. The normalized spacial score (nSPS) is 17.0. The van der Waals surface area contributed by atoms with E-state index >= 15 is 0 Å². The van der Waals surface area contributed by atoms with Crippen LogP contribution in [0.25, 0.3) is 0 Å². The van der Waals surface area contributed by atoms with E-state index in [-0.39, 0.29) is 5.91 Å². The minimum atomic E-state index is -0.482. The molecule has 1 aromatic rings. The summed E-state index contributed by atoms with van der Waals surface area (Å²) in [7, 11) is 0. The molecule has 0 unspecified atom stereocenters. The first-order chi connectivity index (χ1) is 11.1. The number of amides is 1. The van der Waals surface area contributed by atoms with Crippen molar-refractivity contribution in [1.29, 1.82) is 0 Å². The van der Waals surface area contributed by atoms with Gasteiger partial charge in [-0.3, -0.25) is 4.79 Å². The number of rotatable bonds is 7. The maximum Gasteiger partial charge on any atom is 0.227 e. The van der Waals surface area contributed by atoms with Crippen LogP contribution < -0.4 is 15.8 Å². The second kappa shape index (κ2) is 8.31. The van der Waals surface area contributed by atoms with Gasteiger partial charge in [0.25, 0.3) is 0 Å². The number of hydrogen-bond acceptors (Lipinski definition) is 4. The first-order valence-corrected chi connectivity index (χ1v) is 8.33. The van der Waals surface area contributed by atoms with Gasteiger partial charge in [0.15, 0.2) is 0 Å². The van der Waals surface area contributed by atoms with Gasteiger partial charge in [-0.2, -0.15) is 0 Å². The van der Waals surface area contributed by atoms with E-state index in [0.29, 0.717) is 51.7 Å². The third kappa shape index (κ3) is 4.94. The average Bonchev–Trinajstić information content (AvgIpc) is 2.58. The molecule has 0 aliphatic carbocycles. The van der Waals surface area contributed by atoms with E-state index in [0.717, 1.165) is 11.3 Å². The van der Waals surface area contributed by atoms with Crippen LogP contribution in [0.3, 0.4) is 0 Å². The highest BCUT2D eigenvalue weighted by Crippen LogP contribution is 2.29. The summed E-state index contributed by atoms with van der Waals surface area (Å²) in [5, 5.41) is 3.02. The van der Waals surface area contributed by atoms with Gasteiger partial charge in [-0.25, -0.2) is 0 Å². The molecule has 1 fully saturated rings. The summed E-state index contributed by atoms with van der Waals surface area (Å²) in [5.41, 5.74) is 6.41. The van der Waals surface area contributed by atoms with Gasteiger partial charge < -0.3 is 20.5 Å². The van der Waals surface area contributed by atoms with E-state index in [1.807, 2.05) is 24.3 Å². The van der Waals surface area contributed by atoms with Gasteiger partial charge >= 0.3 is 0 Å². The smallest absolute Gasteiger partial charge is 0.227 e. The zero-order valence-corrected chi connectivity index (χ0v) is 14.1. The molecule has 5 nitrogen and oxygen atoms in total. The Morgan fingerprint density at radius 2 is 2.13 bits per heavy atom. The predicted octanol–water partition coefficient (Wildman–Crippen LogP) is 2.09. The number of carbonyl (C=O) groups is 1. The monoisotopic (exact) mass is 320 g/mol. The lowest BCUT2D eigenvalue weighted by molar-refractivity contribution is -0.136. The van der Waals surface area contributed by atoms with Crippen LogP contribution in [0, 0.1) is 11.3 Å². The molecule has 5 heteroatoms. The lowest BCUT2D eigenvalue weighted by Gasteiger charge is -2.34. The molecule has 0 bridgehead atoms. The maximum absolute atomic E-state index is 12.5. The van der Waals surface area contributed by atoms with Crippen LogP contribution in [-0.2, 0) is 16.1 Å². The average molecular weight is 320 g/mol. The number of ether oxygens (including phenoxy) is 2. The Bertz CT molecular complexity index is 511. The molecule has 128 valence electrons. The third-order valence-corrected chi connectivity index (χ3v) is 4.26. The van der Waals surface area contributed by atoms with E-state index in [9.17, 15) is 4.79 Å². The van der Waals surface area contributed by atoms with E-state index < -0.39 is 5.41 Å². The molecule has 1 aliphatic rings. The molecular weight excluding hydrogens is 292 g/mol. The van der Waals surface area contributed by atoms with Gasteiger partial charge in [0, 0.05) is 26.3 Å². The van der Waals surface area contributed by atoms with Gasteiger partial charge in [-0.1, -0.05) is 26.0 Å². The number of nitrogens with one attached hydrogen (secondary N) is 1. The van der Waals surface area contributed by atoms with E-state index in [1.165, 1.54) is 0 Å². The van der Waals surface area contributed by atoms with Gasteiger partial charge in [0.1, 0.15) is 5.75 Å². The molecule has 3 N–H and O–H groups in total. The summed E-state index contributed by atoms with van der Waals surface area (Å²) in [6.07, 6.45) is 1.37. The summed E-state index contributed by atoms with van der Waals surface area (Å²) in [5.74, 6) is 1.35. The van der Waals surface area contributed by atoms with Gasteiger partial charge in [0.2, 0.25) is 5.91 Å². The zero-order valence-electron chi connectivity index (χ0n) is 14.1. The van der Waals surface area contributed by atoms with Crippen molar-refractivity contribution in [3.05, 3.63) is 29.8 Å². The van der Waals surface area contributed by atoms with Gasteiger partial charge in [-0.15, -0.1) is 0 Å². The van der Waals surface area contributed by atoms with Crippen LogP contribution >= 0.6 is 0 Å². The molecule has 1 saturated heterocycles. The third-order valence-electron chi connectivity index (χ3n) is 4.26. The quantitative estimate of drug-likeness (QED) is 0.807. The van der Waals surface area contributed by atoms with Crippen molar-refractivity contribution in [2.24, 2.45) is 17.1 Å². The fourth-order valence-corrected chi connectivity index (χ4v) is 2.66. The molecule has 0 aromatic heterocycles. The highest BCUT2D eigenvalue weighted by atomic mass is 16.5. The number of benzene rings is 1. The fourth-order valence-electron chi connectivity index (χ4n) is 2.66. The summed E-state index contributed by atoms with van der Waals surface area (Å²) >= 11 is 0. The topological polar surface area (TPSA) is 73.6 Å². The second-order valence-electron chi connectivity index (χ2n) is 6.63. The van der Waals surface area contributed by atoms with Crippen molar-refractivity contribution in [1.82, 2.24) is 5.32 Å². The molecule has 2 rings (SSSR count). The maximum atomic E-state index is 12.5. The molecule has 1 heterocycles. The molecule has 23 heavy (non-hydrogen) atoms. The molecule has 0 atom stereocenters. The van der Waals surface area contributed by atoms with Crippen molar-refractivity contribution in [2.75, 3.05) is 26.4 Å². The van der Waals surface area contributed by atoms with Crippen molar-refractivity contribution in [3.63, 3.8) is 0 Å². The molecule has 0 saturated carbocycles. The van der Waals surface area contributed by atoms with Crippen LogP contribution in [0.15, 0.2) is 24.3 Å². The summed E-state index contributed by atoms with van der Waals surface area (Å²) < 4.78 is 11.1. The molecular formula is C18H28N2O3. The lowest BCUT2D eigenvalue weighted by Crippen LogP contribution is -2.48. The van der Waals surface area contributed by atoms with Crippen molar-refractivity contribution in [2.45, 2.75) is 33.2 Å². The van der Waals surface area contributed by atoms with Gasteiger partial charge in [0.05, 0.1) is 12.0 Å². The van der Waals surface area contributed by atoms with Crippen LogP contribution in [0.5, 0.6) is 5.75 Å². The highest BCUT2D eigenvalue weighted by molar-refractivity contribution is 5.83. The predicted molar refractivity (Wildman–Crippen MR) is 90.2 cm³/mol. The van der Waals surface area contributed by atoms with E-state index in [4.69, 9.17) is 15.2 Å². The van der Waals surface area contributed by atoms with Gasteiger partial charge in [-0.05, 0) is 36.5 Å². The fraction of sp³-hybridized carbons (Fsp3) is 0.611. The van der Waals surface area contributed by atoms with E-state index in [2.05, 4.69) is 19.2 Å². The molecule has 1 aliphatic heterocycles. The summed E-state index contributed by atoms with van der Waals surface area (Å²) in [6.45, 7) is 6.97. The Morgan fingerprint density at radius 1 is 1.39 bits per heavy atom. The Kier molecular flexibility index (Phi) is 6.42. The van der Waals surface area contributed by atoms with E-state index in [1.54, 1.807) is 0 Å². The molecule has 1 aromatic carbocycles. The highest BCUT2D eigenvalue weighted by Gasteiger charge is 2.38. The summed E-state index contributed by atoms with van der Waals surface area (Å²) in [4.78, 5) is 12.5. The standard InChI is InChI=1S/C18H28N2O3/c1-14(2)12-23-16-5-3-4-15(10-16)11-20-17(21)18(13-19)6-8-22-9-7-18/h3-5,10,14H,6-9,11-13,19H2,1-2H3,(H,20,21). The lowest BCUT2D eigenvalue weighted by atomic mass is 9.79. The minimum absolute atomic E-state index is 0.0248. The number of carbonyl (C=O) groups excluding carboxylic acids is 1. The van der Waals surface area contributed by atoms with Crippen LogP contribution in [-0.4, -0.2) is 32.3 Å². The van der Waals surface area contributed by atoms with Crippen molar-refractivity contribution >= 4 is 5.91 Å². The minimum Gasteiger partial charge on any atom is -0.493 e. The first-order valence-electron chi connectivity index (χ1n) is 8.33. The van der Waals surface area contributed by atoms with Crippen molar-refractivity contribution in [3.8, 4) is 5.75 Å². The Balaban J connectivity index is 1.92. The van der Waals surface area contributed by atoms with Crippen molar-refractivity contribution < 1.29 is 14.3 Å². The SMILES string of the molecule is CC(C)COc1cccc(CNC(=O)C2(CN)CCOCC2)c1. The van der Waals surface area contributed by atoms with Crippen LogP contribution in [0.1, 0.15) is 32.3 Å². The second-order valence-corrected chi connectivity index (χ2v) is 6.63.